The van der Waals surface area contributed by atoms with Gasteiger partial charge in [0, 0.05) is 28.0 Å². The number of nitrogens with one attached hydrogen (secondary N) is 1. The maximum absolute atomic E-state index is 13.2. The normalized spacial score (nSPS) is 12.1. The number of hydrogen-bond donors (Lipinski definition) is 2. The summed E-state index contributed by atoms with van der Waals surface area (Å²) in [7, 11) is 0. The number of halogens is 1. The van der Waals surface area contributed by atoms with E-state index in [0.29, 0.717) is 17.1 Å². The lowest BCUT2D eigenvalue weighted by atomic mass is 10.1. The van der Waals surface area contributed by atoms with Crippen molar-refractivity contribution in [2.45, 2.75) is 26.4 Å². The zero-order chi connectivity index (χ0) is 22.1. The van der Waals surface area contributed by atoms with Gasteiger partial charge in [-0.2, -0.15) is 0 Å². The number of carbonyl (C=O) groups excluding carboxylic acids is 1. The molecule has 158 valence electrons. The average molecular weight is 453 g/mol. The van der Waals surface area contributed by atoms with E-state index in [-0.39, 0.29) is 16.8 Å². The van der Waals surface area contributed by atoms with Crippen molar-refractivity contribution in [3.05, 3.63) is 92.3 Å². The second-order valence-corrected chi connectivity index (χ2v) is 9.07. The van der Waals surface area contributed by atoms with Gasteiger partial charge in [0.1, 0.15) is 4.88 Å². The van der Waals surface area contributed by atoms with E-state index in [1.54, 1.807) is 12.1 Å². The zero-order valence-electron chi connectivity index (χ0n) is 17.1. The summed E-state index contributed by atoms with van der Waals surface area (Å²) < 4.78 is 2.06. The minimum absolute atomic E-state index is 0.192. The van der Waals surface area contributed by atoms with Crippen molar-refractivity contribution in [3.63, 3.8) is 0 Å². The van der Waals surface area contributed by atoms with Gasteiger partial charge in [-0.15, -0.1) is 11.3 Å². The highest BCUT2D eigenvalue weighted by Gasteiger charge is 2.19. The number of aromatic nitrogens is 1. The topological polar surface area (TPSA) is 71.3 Å². The van der Waals surface area contributed by atoms with Gasteiger partial charge in [-0.3, -0.25) is 4.79 Å². The molecule has 1 atom stereocenters. The number of benzene rings is 2. The fourth-order valence-electron chi connectivity index (χ4n) is 3.64. The lowest BCUT2D eigenvalue weighted by Crippen LogP contribution is -2.26. The Hall–Kier alpha value is -3.09. The molecular weight excluding hydrogens is 432 g/mol. The van der Waals surface area contributed by atoms with E-state index >= 15 is 0 Å². The number of aromatic carboxylic acids is 1. The van der Waals surface area contributed by atoms with Crippen molar-refractivity contribution < 1.29 is 14.7 Å². The van der Waals surface area contributed by atoms with Gasteiger partial charge in [0.05, 0.1) is 17.1 Å². The molecule has 0 aliphatic rings. The molecule has 0 fully saturated rings. The smallest absolute Gasteiger partial charge is 0.345 e. The van der Waals surface area contributed by atoms with Crippen molar-refractivity contribution in [1.82, 2.24) is 9.88 Å². The first kappa shape index (κ1) is 21.2. The third-order valence-electron chi connectivity index (χ3n) is 5.13. The van der Waals surface area contributed by atoms with E-state index in [1.165, 1.54) is 11.3 Å². The van der Waals surface area contributed by atoms with Gasteiger partial charge in [-0.25, -0.2) is 4.79 Å². The number of carbonyl (C=O) groups is 2. The predicted octanol–water partition coefficient (Wildman–Crippen LogP) is 5.90. The maximum Gasteiger partial charge on any atom is 0.345 e. The summed E-state index contributed by atoms with van der Waals surface area (Å²) in [4.78, 5) is 25.4. The highest BCUT2D eigenvalue weighted by atomic mass is 35.5. The molecule has 4 rings (SSSR count). The average Bonchev–Trinajstić information content (AvgIpc) is 3.37. The maximum atomic E-state index is 13.2. The van der Waals surface area contributed by atoms with Crippen molar-refractivity contribution in [2.24, 2.45) is 0 Å². The van der Waals surface area contributed by atoms with Crippen LogP contribution >= 0.6 is 22.9 Å². The molecule has 0 radical (unpaired) electrons. The molecule has 2 aromatic carbocycles. The minimum Gasteiger partial charge on any atom is -0.477 e. The SMILES string of the molecule is Cc1cc(C(=O)NC(C)c2ccc(C(=O)O)s2)c2c(ccn2Cc2ccc(Cl)cc2)c1. The van der Waals surface area contributed by atoms with Gasteiger partial charge in [0.25, 0.3) is 5.91 Å². The minimum atomic E-state index is -0.963. The van der Waals surface area contributed by atoms with E-state index in [0.717, 1.165) is 26.9 Å². The largest absolute Gasteiger partial charge is 0.477 e. The quantitative estimate of drug-likeness (QED) is 0.382. The van der Waals surface area contributed by atoms with Gasteiger partial charge >= 0.3 is 5.97 Å². The molecule has 7 heteroatoms. The van der Waals surface area contributed by atoms with Crippen LogP contribution in [0.25, 0.3) is 10.9 Å². The Labute approximate surface area is 188 Å². The first-order chi connectivity index (χ1) is 14.8. The fourth-order valence-corrected chi connectivity index (χ4v) is 4.61. The van der Waals surface area contributed by atoms with Crippen LogP contribution in [-0.4, -0.2) is 21.6 Å². The standard InChI is InChI=1S/C24H21ClN2O3S/c1-14-11-17-9-10-27(13-16-3-5-18(25)6-4-16)22(17)19(12-14)23(28)26-15(2)20-7-8-21(31-20)24(29)30/h3-12,15H,13H2,1-2H3,(H,26,28)(H,29,30). The molecule has 0 aliphatic heterocycles. The monoisotopic (exact) mass is 452 g/mol. The number of carboxylic acids is 1. The Morgan fingerprint density at radius 3 is 2.55 bits per heavy atom. The van der Waals surface area contributed by atoms with Gasteiger partial charge in [0.15, 0.2) is 0 Å². The third kappa shape index (κ3) is 4.50. The number of amides is 1. The van der Waals surface area contributed by atoms with Gasteiger partial charge in [0.2, 0.25) is 0 Å². The zero-order valence-corrected chi connectivity index (χ0v) is 18.6. The second kappa shape index (κ2) is 8.57. The Morgan fingerprint density at radius 1 is 1.13 bits per heavy atom. The molecule has 5 nitrogen and oxygen atoms in total. The van der Waals surface area contributed by atoms with Gasteiger partial charge < -0.3 is 15.0 Å². The van der Waals surface area contributed by atoms with Crippen molar-refractivity contribution >= 4 is 45.7 Å². The van der Waals surface area contributed by atoms with Crippen LogP contribution in [0.1, 0.15) is 49.0 Å². The first-order valence-corrected chi connectivity index (χ1v) is 11.0. The summed E-state index contributed by atoms with van der Waals surface area (Å²) in [6.45, 7) is 4.44. The number of fused-ring (bicyclic) bond motifs is 1. The van der Waals surface area contributed by atoms with Crippen LogP contribution in [0, 0.1) is 6.92 Å². The van der Waals surface area contributed by atoms with Crippen molar-refractivity contribution in [2.75, 3.05) is 0 Å². The van der Waals surface area contributed by atoms with Crippen LogP contribution in [0.15, 0.2) is 60.8 Å². The van der Waals surface area contributed by atoms with Gasteiger partial charge in [-0.1, -0.05) is 23.7 Å². The van der Waals surface area contributed by atoms with Crippen LogP contribution < -0.4 is 5.32 Å². The Bertz CT molecular complexity index is 1270. The highest BCUT2D eigenvalue weighted by Crippen LogP contribution is 2.27. The Morgan fingerprint density at radius 2 is 1.87 bits per heavy atom. The van der Waals surface area contributed by atoms with Crippen LogP contribution in [-0.2, 0) is 6.54 Å². The Kier molecular flexibility index (Phi) is 5.85. The molecule has 0 saturated heterocycles. The van der Waals surface area contributed by atoms with Gasteiger partial charge in [-0.05, 0) is 67.4 Å². The highest BCUT2D eigenvalue weighted by molar-refractivity contribution is 7.14. The number of nitrogens with zero attached hydrogens (tertiary/aromatic N) is 1. The van der Waals surface area contributed by atoms with Crippen molar-refractivity contribution in [1.29, 1.82) is 0 Å². The van der Waals surface area contributed by atoms with E-state index in [2.05, 4.69) is 16.0 Å². The van der Waals surface area contributed by atoms with E-state index < -0.39 is 5.97 Å². The van der Waals surface area contributed by atoms with E-state index in [4.69, 9.17) is 16.7 Å². The number of thiophene rings is 1. The molecule has 4 aromatic rings. The molecule has 2 N–H and O–H groups in total. The van der Waals surface area contributed by atoms with Crippen molar-refractivity contribution in [3.8, 4) is 0 Å². The summed E-state index contributed by atoms with van der Waals surface area (Å²) in [6.07, 6.45) is 1.98. The molecule has 2 heterocycles. The lowest BCUT2D eigenvalue weighted by molar-refractivity contribution is 0.0702. The number of aryl methyl sites for hydroxylation is 1. The van der Waals surface area contributed by atoms with E-state index in [9.17, 15) is 9.59 Å². The summed E-state index contributed by atoms with van der Waals surface area (Å²) >= 11 is 7.17. The van der Waals surface area contributed by atoms with Crippen LogP contribution in [0.3, 0.4) is 0 Å². The summed E-state index contributed by atoms with van der Waals surface area (Å²) in [5, 5.41) is 13.8. The molecule has 0 spiro atoms. The summed E-state index contributed by atoms with van der Waals surface area (Å²) in [5.74, 6) is -1.15. The molecule has 0 saturated carbocycles. The fraction of sp³-hybridized carbons (Fsp3) is 0.167. The number of rotatable bonds is 6. The predicted molar refractivity (Wildman–Crippen MR) is 124 cm³/mol. The molecule has 31 heavy (non-hydrogen) atoms. The molecule has 1 amide bonds. The second-order valence-electron chi connectivity index (χ2n) is 7.52. The summed E-state index contributed by atoms with van der Waals surface area (Å²) in [5.41, 5.74) is 3.54. The molecular formula is C24H21ClN2O3S. The number of hydrogen-bond acceptors (Lipinski definition) is 3. The molecule has 0 aliphatic carbocycles. The van der Waals surface area contributed by atoms with Crippen LogP contribution in [0.5, 0.6) is 0 Å². The third-order valence-corrected chi connectivity index (χ3v) is 6.64. The lowest BCUT2D eigenvalue weighted by Gasteiger charge is -2.15. The van der Waals surface area contributed by atoms with E-state index in [1.807, 2.05) is 56.4 Å². The molecule has 0 bridgehead atoms. The first-order valence-electron chi connectivity index (χ1n) is 9.79. The number of carboxylic acid groups (broad SMARTS) is 1. The van der Waals surface area contributed by atoms with Crippen LogP contribution in [0.2, 0.25) is 5.02 Å². The van der Waals surface area contributed by atoms with Crippen LogP contribution in [0.4, 0.5) is 0 Å². The molecule has 1 unspecified atom stereocenters. The summed E-state index contributed by atoms with van der Waals surface area (Å²) in [6, 6.07) is 16.6. The molecule has 2 aromatic heterocycles. The Balaban J connectivity index is 1.65.